The summed E-state index contributed by atoms with van der Waals surface area (Å²) in [5.74, 6) is -0.664. The van der Waals surface area contributed by atoms with Gasteiger partial charge in [-0.05, 0) is 42.6 Å². The second-order valence-electron chi connectivity index (χ2n) is 5.07. The number of benzene rings is 1. The fraction of sp³-hybridized carbons (Fsp3) is 0.462. The maximum Gasteiger partial charge on any atom is 0.251 e. The summed E-state index contributed by atoms with van der Waals surface area (Å²) in [7, 11) is 0. The van der Waals surface area contributed by atoms with Crippen LogP contribution in [-0.4, -0.2) is 19.0 Å². The Balaban J connectivity index is 2.70. The van der Waals surface area contributed by atoms with E-state index in [1.54, 1.807) is 13.0 Å². The minimum Gasteiger partial charge on any atom is -0.351 e. The zero-order chi connectivity index (χ0) is 13.1. The van der Waals surface area contributed by atoms with E-state index in [0.29, 0.717) is 18.7 Å². The van der Waals surface area contributed by atoms with Gasteiger partial charge in [-0.3, -0.25) is 4.79 Å². The Kier molecular flexibility index (Phi) is 4.23. The van der Waals surface area contributed by atoms with E-state index in [-0.39, 0.29) is 11.3 Å². The maximum atomic E-state index is 13.1. The number of nitrogens with one attached hydrogen (secondary N) is 1. The molecule has 1 amide bonds. The Morgan fingerprint density at radius 3 is 2.59 bits per heavy atom. The van der Waals surface area contributed by atoms with Gasteiger partial charge in [0.25, 0.3) is 5.91 Å². The fourth-order valence-electron chi connectivity index (χ4n) is 1.36. The molecule has 0 radical (unpaired) electrons. The molecule has 1 aromatic carbocycles. The first-order valence-electron chi connectivity index (χ1n) is 5.59. The molecule has 0 bridgehead atoms. The number of hydrogen-bond acceptors (Lipinski definition) is 2. The molecule has 17 heavy (non-hydrogen) atoms. The van der Waals surface area contributed by atoms with Crippen molar-refractivity contribution in [3.63, 3.8) is 0 Å². The van der Waals surface area contributed by atoms with E-state index in [0.717, 1.165) is 5.56 Å². The maximum absolute atomic E-state index is 13.1. The van der Waals surface area contributed by atoms with Gasteiger partial charge in [-0.1, -0.05) is 13.8 Å². The molecule has 0 aliphatic rings. The van der Waals surface area contributed by atoms with Gasteiger partial charge >= 0.3 is 0 Å². The summed E-state index contributed by atoms with van der Waals surface area (Å²) in [5.41, 5.74) is 6.49. The summed E-state index contributed by atoms with van der Waals surface area (Å²) in [6.07, 6.45) is 0. The third-order valence-electron chi connectivity index (χ3n) is 2.58. The predicted molar refractivity (Wildman–Crippen MR) is 66.3 cm³/mol. The van der Waals surface area contributed by atoms with E-state index in [1.807, 2.05) is 13.8 Å². The van der Waals surface area contributed by atoms with E-state index in [2.05, 4.69) is 5.32 Å². The molecule has 0 saturated carbocycles. The monoisotopic (exact) mass is 238 g/mol. The van der Waals surface area contributed by atoms with Gasteiger partial charge in [-0.25, -0.2) is 4.39 Å². The number of nitrogens with two attached hydrogens (primary N) is 1. The highest BCUT2D eigenvalue weighted by molar-refractivity contribution is 5.94. The molecule has 0 aliphatic heterocycles. The molecule has 0 unspecified atom stereocenters. The lowest BCUT2D eigenvalue weighted by molar-refractivity contribution is 0.0937. The molecule has 0 aromatic heterocycles. The van der Waals surface area contributed by atoms with Gasteiger partial charge in [-0.15, -0.1) is 0 Å². The van der Waals surface area contributed by atoms with E-state index in [1.165, 1.54) is 12.1 Å². The minimum absolute atomic E-state index is 0.155. The number of rotatable bonds is 4. The lowest BCUT2D eigenvalue weighted by Crippen LogP contribution is -2.38. The normalized spacial score (nSPS) is 11.4. The Morgan fingerprint density at radius 1 is 1.41 bits per heavy atom. The zero-order valence-corrected chi connectivity index (χ0v) is 10.5. The van der Waals surface area contributed by atoms with E-state index < -0.39 is 5.82 Å². The van der Waals surface area contributed by atoms with Crippen LogP contribution in [-0.2, 0) is 0 Å². The van der Waals surface area contributed by atoms with Crippen LogP contribution in [0.15, 0.2) is 18.2 Å². The van der Waals surface area contributed by atoms with E-state index >= 15 is 0 Å². The third kappa shape index (κ3) is 4.15. The summed E-state index contributed by atoms with van der Waals surface area (Å²) in [6.45, 7) is 6.63. The molecule has 1 aromatic rings. The molecule has 0 heterocycles. The average Bonchev–Trinajstić information content (AvgIpc) is 2.24. The Morgan fingerprint density at radius 2 is 2.06 bits per heavy atom. The van der Waals surface area contributed by atoms with Crippen molar-refractivity contribution in [1.29, 1.82) is 0 Å². The first kappa shape index (κ1) is 13.6. The largest absolute Gasteiger partial charge is 0.351 e. The van der Waals surface area contributed by atoms with Crippen molar-refractivity contribution in [2.45, 2.75) is 20.8 Å². The lowest BCUT2D eigenvalue weighted by Gasteiger charge is -2.22. The molecule has 3 nitrogen and oxygen atoms in total. The highest BCUT2D eigenvalue weighted by Crippen LogP contribution is 2.12. The molecule has 3 N–H and O–H groups in total. The van der Waals surface area contributed by atoms with Gasteiger partial charge in [-0.2, -0.15) is 0 Å². The van der Waals surface area contributed by atoms with Crippen LogP contribution in [0.25, 0.3) is 0 Å². The number of halogens is 1. The number of amides is 1. The molecule has 0 atom stereocenters. The van der Waals surface area contributed by atoms with Crippen molar-refractivity contribution >= 4 is 5.91 Å². The van der Waals surface area contributed by atoms with Gasteiger partial charge in [0.15, 0.2) is 0 Å². The molecule has 0 saturated heterocycles. The van der Waals surface area contributed by atoms with Crippen LogP contribution in [0.1, 0.15) is 29.8 Å². The van der Waals surface area contributed by atoms with Crippen molar-refractivity contribution in [3.8, 4) is 0 Å². The third-order valence-corrected chi connectivity index (χ3v) is 2.58. The average molecular weight is 238 g/mol. The number of aryl methyl sites for hydroxylation is 1. The first-order valence-corrected chi connectivity index (χ1v) is 5.59. The second kappa shape index (κ2) is 5.27. The van der Waals surface area contributed by atoms with Crippen LogP contribution in [0, 0.1) is 18.2 Å². The summed E-state index contributed by atoms with van der Waals surface area (Å²) in [4.78, 5) is 11.8. The highest BCUT2D eigenvalue weighted by atomic mass is 19.1. The van der Waals surface area contributed by atoms with Gasteiger partial charge in [0, 0.05) is 12.1 Å². The Bertz CT molecular complexity index is 396. The zero-order valence-electron chi connectivity index (χ0n) is 10.5. The molecule has 0 spiro atoms. The second-order valence-corrected chi connectivity index (χ2v) is 5.07. The van der Waals surface area contributed by atoms with Crippen LogP contribution >= 0.6 is 0 Å². The first-order chi connectivity index (χ1) is 7.84. The minimum atomic E-state index is -0.395. The van der Waals surface area contributed by atoms with E-state index in [9.17, 15) is 9.18 Å². The standard InChI is InChI=1S/C13H19FN2O/c1-9-4-10(6-11(14)5-9)12(17)16-8-13(2,3)7-15/h4-6H,7-8,15H2,1-3H3,(H,16,17). The highest BCUT2D eigenvalue weighted by Gasteiger charge is 2.17. The van der Waals surface area contributed by atoms with Crippen molar-refractivity contribution in [2.75, 3.05) is 13.1 Å². The summed E-state index contributed by atoms with van der Waals surface area (Å²) >= 11 is 0. The van der Waals surface area contributed by atoms with Crippen molar-refractivity contribution in [2.24, 2.45) is 11.1 Å². The summed E-state index contributed by atoms with van der Waals surface area (Å²) in [5, 5.41) is 2.76. The van der Waals surface area contributed by atoms with Crippen LogP contribution in [0.4, 0.5) is 4.39 Å². The van der Waals surface area contributed by atoms with Crippen LogP contribution in [0.2, 0.25) is 0 Å². The molecule has 1 rings (SSSR count). The Hall–Kier alpha value is -1.42. The molecule has 4 heteroatoms. The van der Waals surface area contributed by atoms with Crippen molar-refractivity contribution < 1.29 is 9.18 Å². The number of carbonyl (C=O) groups is 1. The lowest BCUT2D eigenvalue weighted by atomic mass is 9.94. The van der Waals surface area contributed by atoms with Gasteiger partial charge in [0.05, 0.1) is 0 Å². The molecular weight excluding hydrogens is 219 g/mol. The summed E-state index contributed by atoms with van der Waals surface area (Å²) < 4.78 is 13.1. The topological polar surface area (TPSA) is 55.1 Å². The van der Waals surface area contributed by atoms with Gasteiger partial charge in [0.2, 0.25) is 0 Å². The van der Waals surface area contributed by atoms with Crippen LogP contribution in [0.3, 0.4) is 0 Å². The Labute approximate surface area is 101 Å². The number of hydrogen-bond donors (Lipinski definition) is 2. The molecular formula is C13H19FN2O. The molecule has 94 valence electrons. The number of carbonyl (C=O) groups excluding carboxylic acids is 1. The van der Waals surface area contributed by atoms with Gasteiger partial charge < -0.3 is 11.1 Å². The van der Waals surface area contributed by atoms with Crippen molar-refractivity contribution in [1.82, 2.24) is 5.32 Å². The van der Waals surface area contributed by atoms with Crippen LogP contribution < -0.4 is 11.1 Å². The fourth-order valence-corrected chi connectivity index (χ4v) is 1.36. The predicted octanol–water partition coefficient (Wildman–Crippen LogP) is 1.85. The van der Waals surface area contributed by atoms with E-state index in [4.69, 9.17) is 5.73 Å². The van der Waals surface area contributed by atoms with Gasteiger partial charge in [0.1, 0.15) is 5.82 Å². The molecule has 0 aliphatic carbocycles. The van der Waals surface area contributed by atoms with Crippen LogP contribution in [0.5, 0.6) is 0 Å². The van der Waals surface area contributed by atoms with Crippen molar-refractivity contribution in [3.05, 3.63) is 35.1 Å². The SMILES string of the molecule is Cc1cc(F)cc(C(=O)NCC(C)(C)CN)c1. The summed E-state index contributed by atoms with van der Waals surface area (Å²) in [6, 6.07) is 4.28. The smallest absolute Gasteiger partial charge is 0.251 e. The quantitative estimate of drug-likeness (QED) is 0.841. The molecule has 0 fully saturated rings.